The summed E-state index contributed by atoms with van der Waals surface area (Å²) >= 11 is 0. The van der Waals surface area contributed by atoms with Gasteiger partial charge in [0.1, 0.15) is 0 Å². The van der Waals surface area contributed by atoms with Gasteiger partial charge in [-0.25, -0.2) is 0 Å². The van der Waals surface area contributed by atoms with Crippen molar-refractivity contribution in [1.82, 2.24) is 25.3 Å². The van der Waals surface area contributed by atoms with E-state index in [2.05, 4.69) is 25.6 Å². The average Bonchev–Trinajstić information content (AvgIpc) is 2.63. The molecule has 2 rings (SSSR count). The van der Waals surface area contributed by atoms with E-state index in [0.29, 0.717) is 5.69 Å². The lowest BCUT2D eigenvalue weighted by Gasteiger charge is -1.90. The topological polar surface area (TPSA) is 94.9 Å². The fraction of sp³-hybridized carbons (Fsp3) is 0. The van der Waals surface area contributed by atoms with Crippen molar-refractivity contribution < 1.29 is 0 Å². The van der Waals surface area contributed by atoms with E-state index < -0.39 is 0 Å². The molecular formula is C7H7N7. The normalized spacial score (nSPS) is 10.9. The highest BCUT2D eigenvalue weighted by Gasteiger charge is 1.96. The molecule has 2 N–H and O–H groups in total. The van der Waals surface area contributed by atoms with Crippen LogP contribution in [0.2, 0.25) is 0 Å². The smallest absolute Gasteiger partial charge is 0.263 e. The summed E-state index contributed by atoms with van der Waals surface area (Å²) in [7, 11) is 0. The van der Waals surface area contributed by atoms with E-state index in [0.717, 1.165) is 4.79 Å². The Morgan fingerprint density at radius 1 is 1.43 bits per heavy atom. The highest BCUT2D eigenvalue weighted by atomic mass is 15.7. The second kappa shape index (κ2) is 3.60. The minimum Gasteiger partial charge on any atom is -0.365 e. The van der Waals surface area contributed by atoms with Gasteiger partial charge in [0.05, 0.1) is 11.9 Å². The van der Waals surface area contributed by atoms with Crippen LogP contribution >= 0.6 is 0 Å². The molecule has 2 aromatic heterocycles. The lowest BCUT2D eigenvalue weighted by Crippen LogP contribution is -2.00. The first-order valence-corrected chi connectivity index (χ1v) is 3.85. The van der Waals surface area contributed by atoms with Crippen LogP contribution < -0.4 is 5.73 Å². The molecule has 7 heteroatoms. The highest BCUT2D eigenvalue weighted by molar-refractivity contribution is 5.76. The number of hydrogen-bond acceptors (Lipinski definition) is 6. The maximum absolute atomic E-state index is 5.40. The number of rotatable bonds is 2. The van der Waals surface area contributed by atoms with Gasteiger partial charge in [-0.3, -0.25) is 4.98 Å². The predicted molar refractivity (Wildman–Crippen MR) is 49.5 cm³/mol. The summed E-state index contributed by atoms with van der Waals surface area (Å²) in [4.78, 5) is 5.16. The van der Waals surface area contributed by atoms with Crippen LogP contribution in [0.5, 0.6) is 0 Å². The summed E-state index contributed by atoms with van der Waals surface area (Å²) in [6, 6.07) is 5.49. The Hall–Kier alpha value is -2.31. The molecule has 0 bridgehead atoms. The van der Waals surface area contributed by atoms with Crippen LogP contribution in [0.4, 0.5) is 5.95 Å². The second-order valence-corrected chi connectivity index (χ2v) is 2.43. The molecule has 0 aromatic carbocycles. The van der Waals surface area contributed by atoms with E-state index in [9.17, 15) is 0 Å². The van der Waals surface area contributed by atoms with Crippen LogP contribution in [0, 0.1) is 0 Å². The van der Waals surface area contributed by atoms with Crippen LogP contribution in [-0.4, -0.2) is 31.5 Å². The molecule has 0 unspecified atom stereocenters. The first-order chi connectivity index (χ1) is 6.86. The van der Waals surface area contributed by atoms with Gasteiger partial charge in [-0.1, -0.05) is 16.0 Å². The molecule has 0 fully saturated rings. The molecule has 2 heterocycles. The van der Waals surface area contributed by atoms with Crippen molar-refractivity contribution in [2.24, 2.45) is 5.10 Å². The Bertz CT molecular complexity index is 432. The number of aromatic nitrogens is 5. The van der Waals surface area contributed by atoms with E-state index >= 15 is 0 Å². The lowest BCUT2D eigenvalue weighted by atomic mass is 10.4. The van der Waals surface area contributed by atoms with Crippen molar-refractivity contribution in [3.63, 3.8) is 0 Å². The van der Waals surface area contributed by atoms with Crippen LogP contribution in [0.3, 0.4) is 0 Å². The average molecular weight is 189 g/mol. The molecule has 0 spiro atoms. The molecule has 0 atom stereocenters. The monoisotopic (exact) mass is 189 g/mol. The zero-order chi connectivity index (χ0) is 9.80. The van der Waals surface area contributed by atoms with Gasteiger partial charge >= 0.3 is 0 Å². The van der Waals surface area contributed by atoms with Gasteiger partial charge in [0.2, 0.25) is 0 Å². The number of nitrogens with zero attached hydrogens (tertiary/aromatic N) is 6. The molecule has 0 amide bonds. The van der Waals surface area contributed by atoms with E-state index in [1.54, 1.807) is 6.20 Å². The summed E-state index contributed by atoms with van der Waals surface area (Å²) in [5.41, 5.74) is 6.11. The number of nitrogen functional groups attached to an aromatic ring is 1. The highest BCUT2D eigenvalue weighted by Crippen LogP contribution is 1.92. The quantitative estimate of drug-likeness (QED) is 0.644. The number of anilines is 1. The van der Waals surface area contributed by atoms with Crippen molar-refractivity contribution in [2.75, 3.05) is 5.73 Å². The number of tetrazole rings is 1. The number of nitrogens with two attached hydrogens (primary N) is 1. The molecular weight excluding hydrogens is 182 g/mol. The van der Waals surface area contributed by atoms with Crippen molar-refractivity contribution >= 4 is 12.2 Å². The van der Waals surface area contributed by atoms with Crippen molar-refractivity contribution in [1.29, 1.82) is 0 Å². The summed E-state index contributed by atoms with van der Waals surface area (Å²) in [5, 5.41) is 14.3. The molecule has 0 radical (unpaired) electrons. The van der Waals surface area contributed by atoms with Gasteiger partial charge in [0, 0.05) is 6.20 Å². The van der Waals surface area contributed by atoms with Gasteiger partial charge in [0.25, 0.3) is 5.95 Å². The Balaban J connectivity index is 2.20. The van der Waals surface area contributed by atoms with Crippen LogP contribution in [-0.2, 0) is 0 Å². The Kier molecular flexibility index (Phi) is 2.14. The number of pyridine rings is 1. The molecule has 14 heavy (non-hydrogen) atoms. The lowest BCUT2D eigenvalue weighted by molar-refractivity contribution is 0.699. The molecule has 7 nitrogen and oxygen atoms in total. The predicted octanol–water partition coefficient (Wildman–Crippen LogP) is -0.468. The van der Waals surface area contributed by atoms with Gasteiger partial charge in [-0.15, -0.1) is 0 Å². The van der Waals surface area contributed by atoms with Crippen LogP contribution in [0.1, 0.15) is 5.69 Å². The Labute approximate surface area is 79.3 Å². The Morgan fingerprint density at radius 3 is 3.00 bits per heavy atom. The van der Waals surface area contributed by atoms with Crippen LogP contribution in [0.15, 0.2) is 29.5 Å². The minimum absolute atomic E-state index is 0.136. The van der Waals surface area contributed by atoms with Gasteiger partial charge in [0.15, 0.2) is 0 Å². The summed E-state index contributed by atoms with van der Waals surface area (Å²) in [6.07, 6.45) is 3.19. The largest absolute Gasteiger partial charge is 0.365 e. The minimum atomic E-state index is 0.136. The SMILES string of the molecule is Nc1nnnn1/N=C\c1ccccn1. The van der Waals surface area contributed by atoms with Crippen molar-refractivity contribution in [3.05, 3.63) is 30.1 Å². The van der Waals surface area contributed by atoms with Gasteiger partial charge < -0.3 is 5.73 Å². The third kappa shape index (κ3) is 1.71. The zero-order valence-corrected chi connectivity index (χ0v) is 7.15. The third-order valence-corrected chi connectivity index (χ3v) is 1.46. The molecule has 0 aliphatic rings. The first-order valence-electron chi connectivity index (χ1n) is 3.85. The maximum atomic E-state index is 5.40. The second-order valence-electron chi connectivity index (χ2n) is 2.43. The molecule has 2 aromatic rings. The van der Waals surface area contributed by atoms with E-state index in [-0.39, 0.29) is 5.95 Å². The zero-order valence-electron chi connectivity index (χ0n) is 7.15. The summed E-state index contributed by atoms with van der Waals surface area (Å²) in [6.45, 7) is 0. The summed E-state index contributed by atoms with van der Waals surface area (Å²) in [5.74, 6) is 0.136. The van der Waals surface area contributed by atoms with E-state index in [1.807, 2.05) is 18.2 Å². The third-order valence-electron chi connectivity index (χ3n) is 1.46. The fourth-order valence-corrected chi connectivity index (χ4v) is 0.838. The maximum Gasteiger partial charge on any atom is 0.263 e. The molecule has 70 valence electrons. The number of hydrogen-bond donors (Lipinski definition) is 1. The molecule has 0 saturated heterocycles. The van der Waals surface area contributed by atoms with E-state index in [4.69, 9.17) is 5.73 Å². The Morgan fingerprint density at radius 2 is 2.36 bits per heavy atom. The van der Waals surface area contributed by atoms with E-state index in [1.165, 1.54) is 6.21 Å². The first kappa shape index (κ1) is 8.30. The standard InChI is InChI=1S/C7H7N7/c8-7-11-12-13-14(7)10-5-6-3-1-2-4-9-6/h1-5H,(H2,8,11,13)/b10-5-. The van der Waals surface area contributed by atoms with Gasteiger partial charge in [-0.05, 0) is 22.6 Å². The molecule has 0 aliphatic carbocycles. The summed E-state index contributed by atoms with van der Waals surface area (Å²) < 4.78 is 0. The van der Waals surface area contributed by atoms with Crippen molar-refractivity contribution in [3.8, 4) is 0 Å². The van der Waals surface area contributed by atoms with Crippen molar-refractivity contribution in [2.45, 2.75) is 0 Å². The fourth-order valence-electron chi connectivity index (χ4n) is 0.838. The van der Waals surface area contributed by atoms with Gasteiger partial charge in [-0.2, -0.15) is 5.10 Å². The molecule has 0 aliphatic heterocycles. The molecule has 0 saturated carbocycles. The van der Waals surface area contributed by atoms with Crippen LogP contribution in [0.25, 0.3) is 0 Å².